The van der Waals surface area contributed by atoms with Crippen molar-refractivity contribution in [2.45, 2.75) is 78.2 Å². The standard InChI is InChI=1S/C36H47ClN4O11S/c1-6-50-29(42)20-26(19-28(37)53(48,49)8-3)38-34(45)31(23(4)5)40-35(46)32(25-17-13-10-14-18-25)41-33(44)27(21-30(43)51-7-2)39-36(47)52-22-24-15-11-9-12-16-24/h9-19,23,26-27,31-32H,6-8,20-22H2,1-5H3,(H,38,45)(H,39,47)(H,40,46)(H,41,44)/b28-19+/t26-,27+,31-,32+/m1/s1. The van der Waals surface area contributed by atoms with Crippen molar-refractivity contribution < 1.29 is 51.4 Å². The minimum atomic E-state index is -3.88. The van der Waals surface area contributed by atoms with E-state index in [1.807, 2.05) is 0 Å². The summed E-state index contributed by atoms with van der Waals surface area (Å²) in [7, 11) is -3.88. The highest BCUT2D eigenvalue weighted by molar-refractivity contribution is 7.96. The van der Waals surface area contributed by atoms with E-state index in [4.69, 9.17) is 25.8 Å². The molecule has 17 heteroatoms. The molecule has 0 bridgehead atoms. The Bertz CT molecular complexity index is 1690. The Hall–Kier alpha value is -4.96. The van der Waals surface area contributed by atoms with Crippen molar-refractivity contribution in [3.63, 3.8) is 0 Å². The Morgan fingerprint density at radius 3 is 1.83 bits per heavy atom. The molecule has 0 aliphatic rings. The van der Waals surface area contributed by atoms with Gasteiger partial charge in [0, 0.05) is 0 Å². The van der Waals surface area contributed by atoms with Crippen LogP contribution in [0.5, 0.6) is 0 Å². The van der Waals surface area contributed by atoms with E-state index in [2.05, 4.69) is 21.3 Å². The zero-order chi connectivity index (χ0) is 39.6. The molecule has 2 aromatic carbocycles. The van der Waals surface area contributed by atoms with Crippen molar-refractivity contribution in [3.05, 3.63) is 82.2 Å². The number of halogens is 1. The molecule has 2 rings (SSSR count). The van der Waals surface area contributed by atoms with Crippen LogP contribution in [0.4, 0.5) is 4.79 Å². The number of hydrogen-bond acceptors (Lipinski definition) is 11. The molecule has 4 amide bonds. The fraction of sp³-hybridized carbons (Fsp3) is 0.444. The number of hydrogen-bond donors (Lipinski definition) is 4. The number of carbonyl (C=O) groups is 6. The average Bonchev–Trinajstić information content (AvgIpc) is 3.12. The number of sulfone groups is 1. The van der Waals surface area contributed by atoms with Gasteiger partial charge in [0.2, 0.25) is 17.7 Å². The van der Waals surface area contributed by atoms with Gasteiger partial charge in [-0.2, -0.15) is 0 Å². The minimum absolute atomic E-state index is 0.0103. The number of esters is 2. The maximum absolute atomic E-state index is 13.9. The summed E-state index contributed by atoms with van der Waals surface area (Å²) in [4.78, 5) is 78.7. The molecule has 290 valence electrons. The number of carbonyl (C=O) groups excluding carboxylic acids is 6. The van der Waals surface area contributed by atoms with Gasteiger partial charge in [-0.3, -0.25) is 24.0 Å². The first-order valence-electron chi connectivity index (χ1n) is 17.0. The predicted molar refractivity (Wildman–Crippen MR) is 195 cm³/mol. The second kappa shape index (κ2) is 22.2. The van der Waals surface area contributed by atoms with Crippen molar-refractivity contribution in [3.8, 4) is 0 Å². The Labute approximate surface area is 314 Å². The van der Waals surface area contributed by atoms with Gasteiger partial charge in [0.15, 0.2) is 9.84 Å². The van der Waals surface area contributed by atoms with Crippen LogP contribution in [0.15, 0.2) is 71.1 Å². The van der Waals surface area contributed by atoms with Crippen LogP contribution in [0.25, 0.3) is 0 Å². The molecule has 2 aromatic rings. The molecule has 0 aromatic heterocycles. The number of alkyl carbamates (subject to hydrolysis) is 1. The second-order valence-corrected chi connectivity index (χ2v) is 14.7. The summed E-state index contributed by atoms with van der Waals surface area (Å²) in [5, 5.41) is 10.1. The van der Waals surface area contributed by atoms with Crippen LogP contribution in [0.3, 0.4) is 0 Å². The van der Waals surface area contributed by atoms with Crippen molar-refractivity contribution in [1.82, 2.24) is 21.3 Å². The molecule has 4 N–H and O–H groups in total. The van der Waals surface area contributed by atoms with Crippen LogP contribution in [-0.4, -0.2) is 81.3 Å². The summed E-state index contributed by atoms with van der Waals surface area (Å²) in [5.41, 5.74) is 0.971. The minimum Gasteiger partial charge on any atom is -0.466 e. The van der Waals surface area contributed by atoms with E-state index in [0.29, 0.717) is 11.1 Å². The fourth-order valence-electron chi connectivity index (χ4n) is 4.69. The molecule has 53 heavy (non-hydrogen) atoms. The maximum atomic E-state index is 13.9. The summed E-state index contributed by atoms with van der Waals surface area (Å²) < 4.78 is 39.3. The Kier molecular flexibility index (Phi) is 18.5. The summed E-state index contributed by atoms with van der Waals surface area (Å²) in [6, 6.07) is 11.3. The summed E-state index contributed by atoms with van der Waals surface area (Å²) in [6.07, 6.45) is -1.04. The molecule has 0 fully saturated rings. The maximum Gasteiger partial charge on any atom is 0.408 e. The van der Waals surface area contributed by atoms with E-state index in [9.17, 15) is 37.2 Å². The van der Waals surface area contributed by atoms with Crippen LogP contribution in [0.2, 0.25) is 0 Å². The zero-order valence-corrected chi connectivity index (χ0v) is 31.8. The Balaban J connectivity index is 2.36. The Morgan fingerprint density at radius 2 is 1.28 bits per heavy atom. The first kappa shape index (κ1) is 44.2. The van der Waals surface area contributed by atoms with E-state index >= 15 is 0 Å². The molecule has 15 nitrogen and oxygen atoms in total. The third-order valence-electron chi connectivity index (χ3n) is 7.45. The third-order valence-corrected chi connectivity index (χ3v) is 9.78. The summed E-state index contributed by atoms with van der Waals surface area (Å²) >= 11 is 6.04. The lowest BCUT2D eigenvalue weighted by molar-refractivity contribution is -0.145. The third kappa shape index (κ3) is 15.3. The molecule has 4 atom stereocenters. The molecule has 0 saturated heterocycles. The van der Waals surface area contributed by atoms with E-state index in [1.54, 1.807) is 88.4 Å². The topological polar surface area (TPSA) is 212 Å². The van der Waals surface area contributed by atoms with Gasteiger partial charge in [0.1, 0.15) is 29.1 Å². The zero-order valence-electron chi connectivity index (χ0n) is 30.3. The van der Waals surface area contributed by atoms with Gasteiger partial charge in [0.05, 0.1) is 37.9 Å². The monoisotopic (exact) mass is 778 g/mol. The molecular weight excluding hydrogens is 732 g/mol. The van der Waals surface area contributed by atoms with Crippen molar-refractivity contribution in [1.29, 1.82) is 0 Å². The summed E-state index contributed by atoms with van der Waals surface area (Å²) in [6.45, 7) is 7.71. The van der Waals surface area contributed by atoms with Gasteiger partial charge in [0.25, 0.3) is 0 Å². The quantitative estimate of drug-likeness (QED) is 0.113. The first-order valence-corrected chi connectivity index (χ1v) is 19.0. The van der Waals surface area contributed by atoms with Crippen LogP contribution in [0.1, 0.15) is 64.6 Å². The van der Waals surface area contributed by atoms with Crippen molar-refractivity contribution in [2.24, 2.45) is 5.92 Å². The smallest absolute Gasteiger partial charge is 0.408 e. The van der Waals surface area contributed by atoms with Crippen LogP contribution in [0, 0.1) is 5.92 Å². The van der Waals surface area contributed by atoms with Crippen molar-refractivity contribution in [2.75, 3.05) is 19.0 Å². The number of amides is 4. The first-order chi connectivity index (χ1) is 25.1. The molecule has 0 aliphatic carbocycles. The van der Waals surface area contributed by atoms with E-state index < -0.39 is 92.9 Å². The lowest BCUT2D eigenvalue weighted by atomic mass is 10.00. The SMILES string of the molecule is CCOC(=O)C[C@@H](/C=C(\Cl)S(=O)(=O)CC)NC(=O)[C@H](NC(=O)[C@@H](NC(=O)[C@H](CC(=O)OCC)NC(=O)OCc1ccccc1)c1ccccc1)C(C)C. The van der Waals surface area contributed by atoms with E-state index in [1.165, 1.54) is 6.92 Å². The van der Waals surface area contributed by atoms with Gasteiger partial charge in [-0.15, -0.1) is 0 Å². The molecule has 0 saturated carbocycles. The lowest BCUT2D eigenvalue weighted by Crippen LogP contribution is -2.56. The average molecular weight is 779 g/mol. The van der Waals surface area contributed by atoms with E-state index in [0.717, 1.165) is 6.08 Å². The molecule has 0 unspecified atom stereocenters. The van der Waals surface area contributed by atoms with Crippen LogP contribution < -0.4 is 21.3 Å². The number of ether oxygens (including phenoxy) is 3. The second-order valence-electron chi connectivity index (χ2n) is 11.8. The predicted octanol–water partition coefficient (Wildman–Crippen LogP) is 3.19. The fourth-order valence-corrected chi connectivity index (χ4v) is 5.81. The molecular formula is C36H47ClN4O11S. The largest absolute Gasteiger partial charge is 0.466 e. The molecule has 0 radical (unpaired) electrons. The highest BCUT2D eigenvalue weighted by Crippen LogP contribution is 2.18. The highest BCUT2D eigenvalue weighted by atomic mass is 35.5. The van der Waals surface area contributed by atoms with Crippen molar-refractivity contribution >= 4 is 57.2 Å². The van der Waals surface area contributed by atoms with Crippen LogP contribution in [-0.2, 0) is 54.6 Å². The van der Waals surface area contributed by atoms with Gasteiger partial charge in [-0.25, -0.2) is 13.2 Å². The van der Waals surface area contributed by atoms with Gasteiger partial charge < -0.3 is 35.5 Å². The number of rotatable bonds is 20. The van der Waals surface area contributed by atoms with E-state index in [-0.39, 0.29) is 25.6 Å². The lowest BCUT2D eigenvalue weighted by Gasteiger charge is -2.28. The molecule has 0 spiro atoms. The Morgan fingerprint density at radius 1 is 0.717 bits per heavy atom. The molecule has 0 aliphatic heterocycles. The highest BCUT2D eigenvalue weighted by Gasteiger charge is 2.34. The van der Waals surface area contributed by atoms with Gasteiger partial charge in [-0.05, 0) is 37.0 Å². The van der Waals surface area contributed by atoms with Gasteiger partial charge >= 0.3 is 18.0 Å². The van der Waals surface area contributed by atoms with Crippen LogP contribution >= 0.6 is 11.6 Å². The number of benzene rings is 2. The number of nitrogens with one attached hydrogen (secondary N) is 4. The molecule has 0 heterocycles. The normalized spacial score (nSPS) is 13.8. The van der Waals surface area contributed by atoms with Gasteiger partial charge in [-0.1, -0.05) is 93.0 Å². The summed E-state index contributed by atoms with van der Waals surface area (Å²) in [5.74, 6) is -5.00.